The van der Waals surface area contributed by atoms with Gasteiger partial charge in [-0.1, -0.05) is 22.8 Å². The Morgan fingerprint density at radius 2 is 2.29 bits per heavy atom. The molecule has 0 aliphatic carbocycles. The van der Waals surface area contributed by atoms with Crippen molar-refractivity contribution in [2.75, 3.05) is 0 Å². The van der Waals surface area contributed by atoms with E-state index < -0.39 is 17.8 Å². The highest BCUT2D eigenvalue weighted by atomic mass is 35.5. The molecule has 0 saturated carbocycles. The van der Waals surface area contributed by atoms with E-state index in [-0.39, 0.29) is 16.4 Å². The summed E-state index contributed by atoms with van der Waals surface area (Å²) in [5.41, 5.74) is 5.01. The van der Waals surface area contributed by atoms with E-state index in [1.165, 1.54) is 19.1 Å². The molecule has 0 bridgehead atoms. The Morgan fingerprint density at radius 3 is 2.82 bits per heavy atom. The van der Waals surface area contributed by atoms with Crippen LogP contribution in [-0.4, -0.2) is 23.0 Å². The quantitative estimate of drug-likeness (QED) is 0.331. The smallest absolute Gasteiger partial charge is 0.256 e. The monoisotopic (exact) mass is 259 g/mol. The van der Waals surface area contributed by atoms with Crippen molar-refractivity contribution in [3.8, 4) is 0 Å². The summed E-state index contributed by atoms with van der Waals surface area (Å²) in [4.78, 5) is 11.7. The number of halogens is 2. The van der Waals surface area contributed by atoms with Crippen LogP contribution in [0.3, 0.4) is 0 Å². The third kappa shape index (κ3) is 3.07. The molecule has 0 fully saturated rings. The first-order valence-electron chi connectivity index (χ1n) is 4.69. The van der Waals surface area contributed by atoms with Gasteiger partial charge in [-0.05, 0) is 19.1 Å². The van der Waals surface area contributed by atoms with Crippen LogP contribution >= 0.6 is 11.6 Å². The molecule has 5 nitrogen and oxygen atoms in total. The predicted molar refractivity (Wildman–Crippen MR) is 61.7 cm³/mol. The molecule has 4 N–H and O–H groups in total. The van der Waals surface area contributed by atoms with Crippen LogP contribution in [0.4, 0.5) is 4.39 Å². The van der Waals surface area contributed by atoms with Gasteiger partial charge in [-0.3, -0.25) is 4.79 Å². The van der Waals surface area contributed by atoms with Gasteiger partial charge in [0.25, 0.3) is 5.91 Å². The first kappa shape index (κ1) is 13.2. The summed E-state index contributed by atoms with van der Waals surface area (Å²) in [6.45, 7) is 1.49. The maximum Gasteiger partial charge on any atom is 0.256 e. The number of rotatable bonds is 3. The zero-order valence-electron chi connectivity index (χ0n) is 8.95. The van der Waals surface area contributed by atoms with Gasteiger partial charge in [0.05, 0.1) is 16.6 Å². The predicted octanol–water partition coefficient (Wildman–Crippen LogP) is 1.34. The molecule has 1 unspecified atom stereocenters. The van der Waals surface area contributed by atoms with Crippen molar-refractivity contribution in [3.63, 3.8) is 0 Å². The van der Waals surface area contributed by atoms with Gasteiger partial charge in [0, 0.05) is 0 Å². The summed E-state index contributed by atoms with van der Waals surface area (Å²) in [6, 6.07) is 3.17. The molecule has 1 rings (SSSR count). The zero-order valence-corrected chi connectivity index (χ0v) is 9.70. The van der Waals surface area contributed by atoms with Crippen molar-refractivity contribution in [2.45, 2.75) is 13.0 Å². The number of nitrogens with one attached hydrogen (secondary N) is 1. The summed E-state index contributed by atoms with van der Waals surface area (Å²) < 4.78 is 13.4. The van der Waals surface area contributed by atoms with Crippen LogP contribution in [0, 0.1) is 5.82 Å². The lowest BCUT2D eigenvalue weighted by molar-refractivity contribution is 0.0945. The Bertz CT molecular complexity index is 445. The van der Waals surface area contributed by atoms with Gasteiger partial charge in [-0.25, -0.2) is 4.39 Å². The van der Waals surface area contributed by atoms with Gasteiger partial charge in [0.2, 0.25) is 0 Å². The van der Waals surface area contributed by atoms with E-state index in [0.29, 0.717) is 0 Å². The van der Waals surface area contributed by atoms with E-state index >= 15 is 0 Å². The largest absolute Gasteiger partial charge is 0.409 e. The number of amidine groups is 1. The summed E-state index contributed by atoms with van der Waals surface area (Å²) in [5.74, 6) is -1.65. The molecule has 1 amide bonds. The molecule has 0 heterocycles. The van der Waals surface area contributed by atoms with Crippen LogP contribution in [0.5, 0.6) is 0 Å². The number of carbonyl (C=O) groups is 1. The molecule has 1 atom stereocenters. The Hall–Kier alpha value is -1.82. The normalized spacial score (nSPS) is 13.2. The minimum absolute atomic E-state index is 0.00536. The Labute approximate surface area is 102 Å². The molecule has 1 aromatic rings. The van der Waals surface area contributed by atoms with Gasteiger partial charge < -0.3 is 16.3 Å². The fourth-order valence-corrected chi connectivity index (χ4v) is 1.39. The van der Waals surface area contributed by atoms with Crippen LogP contribution < -0.4 is 11.1 Å². The van der Waals surface area contributed by atoms with Crippen molar-refractivity contribution in [3.05, 3.63) is 34.6 Å². The van der Waals surface area contributed by atoms with Crippen molar-refractivity contribution in [2.24, 2.45) is 10.9 Å². The van der Waals surface area contributed by atoms with Crippen LogP contribution in [0.2, 0.25) is 5.02 Å². The second-order valence-corrected chi connectivity index (χ2v) is 3.72. The molecular weight excluding hydrogens is 249 g/mol. The van der Waals surface area contributed by atoms with E-state index in [9.17, 15) is 9.18 Å². The Kier molecular flexibility index (Phi) is 4.28. The molecule has 0 radical (unpaired) electrons. The molecule has 1 aromatic carbocycles. The lowest BCUT2D eigenvalue weighted by Gasteiger charge is -2.13. The molecule has 0 saturated heterocycles. The minimum atomic E-state index is -0.735. The number of carbonyl (C=O) groups excluding carboxylic acids is 1. The molecule has 17 heavy (non-hydrogen) atoms. The van der Waals surface area contributed by atoms with E-state index in [2.05, 4.69) is 10.5 Å². The van der Waals surface area contributed by atoms with Crippen molar-refractivity contribution < 1.29 is 14.4 Å². The number of hydrogen-bond acceptors (Lipinski definition) is 3. The van der Waals surface area contributed by atoms with E-state index in [1.807, 2.05) is 0 Å². The van der Waals surface area contributed by atoms with Crippen molar-refractivity contribution in [1.82, 2.24) is 5.32 Å². The van der Waals surface area contributed by atoms with Crippen molar-refractivity contribution in [1.29, 1.82) is 0 Å². The lowest BCUT2D eigenvalue weighted by atomic mass is 10.2. The maximum absolute atomic E-state index is 13.4. The average molecular weight is 260 g/mol. The molecule has 0 spiro atoms. The molecule has 7 heteroatoms. The topological polar surface area (TPSA) is 87.7 Å². The summed E-state index contributed by atoms with van der Waals surface area (Å²) in [5, 5.41) is 13.5. The minimum Gasteiger partial charge on any atom is -0.409 e. The number of benzene rings is 1. The third-order valence-electron chi connectivity index (χ3n) is 2.10. The number of amides is 1. The molecular formula is C10H11ClFN3O2. The highest BCUT2D eigenvalue weighted by Crippen LogP contribution is 2.18. The van der Waals surface area contributed by atoms with E-state index in [0.717, 1.165) is 6.07 Å². The van der Waals surface area contributed by atoms with Crippen LogP contribution in [0.1, 0.15) is 17.3 Å². The fourth-order valence-electron chi connectivity index (χ4n) is 1.14. The lowest BCUT2D eigenvalue weighted by Crippen LogP contribution is -2.42. The number of nitrogens with two attached hydrogens (primary N) is 1. The zero-order chi connectivity index (χ0) is 13.0. The molecule has 0 aliphatic heterocycles. The Morgan fingerprint density at radius 1 is 1.65 bits per heavy atom. The van der Waals surface area contributed by atoms with Crippen molar-refractivity contribution >= 4 is 23.3 Å². The van der Waals surface area contributed by atoms with E-state index in [4.69, 9.17) is 22.5 Å². The van der Waals surface area contributed by atoms with Gasteiger partial charge >= 0.3 is 0 Å². The molecule has 92 valence electrons. The maximum atomic E-state index is 13.4. The Balaban J connectivity index is 2.91. The van der Waals surface area contributed by atoms with E-state index in [1.54, 1.807) is 0 Å². The summed E-state index contributed by atoms with van der Waals surface area (Å²) in [6.07, 6.45) is 0. The molecule has 0 aromatic heterocycles. The highest BCUT2D eigenvalue weighted by Gasteiger charge is 2.18. The molecule has 0 aliphatic rings. The second kappa shape index (κ2) is 5.49. The number of oxime groups is 1. The fraction of sp³-hybridized carbons (Fsp3) is 0.200. The average Bonchev–Trinajstić information content (AvgIpc) is 2.27. The van der Waals surface area contributed by atoms with Crippen LogP contribution in [0.15, 0.2) is 23.4 Å². The van der Waals surface area contributed by atoms with Gasteiger partial charge in [-0.2, -0.15) is 0 Å². The summed E-state index contributed by atoms with van der Waals surface area (Å²) in [7, 11) is 0. The second-order valence-electron chi connectivity index (χ2n) is 3.32. The van der Waals surface area contributed by atoms with Gasteiger partial charge in [0.1, 0.15) is 5.82 Å². The van der Waals surface area contributed by atoms with Crippen LogP contribution in [0.25, 0.3) is 0 Å². The highest BCUT2D eigenvalue weighted by molar-refractivity contribution is 6.33. The first-order chi connectivity index (χ1) is 7.97. The number of nitrogens with zero attached hydrogens (tertiary/aromatic N) is 1. The van der Waals surface area contributed by atoms with Gasteiger partial charge in [0.15, 0.2) is 5.84 Å². The third-order valence-corrected chi connectivity index (χ3v) is 2.41. The van der Waals surface area contributed by atoms with Gasteiger partial charge in [-0.15, -0.1) is 0 Å². The first-order valence-corrected chi connectivity index (χ1v) is 5.07. The number of hydrogen-bond donors (Lipinski definition) is 3. The standard InChI is InChI=1S/C10H11ClFN3O2/c1-5(9(13)15-17)14-10(16)8-6(11)3-2-4-7(8)12/h2-5,17H,1H3,(H2,13,15)(H,14,16). The SMILES string of the molecule is CC(NC(=O)c1c(F)cccc1Cl)/C(N)=N/O. The van der Waals surface area contributed by atoms with Crippen LogP contribution in [-0.2, 0) is 0 Å². The summed E-state index contributed by atoms with van der Waals surface area (Å²) >= 11 is 5.71.